The van der Waals surface area contributed by atoms with Gasteiger partial charge in [-0.25, -0.2) is 15.0 Å². The molecule has 0 unspecified atom stereocenters. The molecular weight excluding hydrogens is 318 g/mol. The Hall–Kier alpha value is -1.74. The summed E-state index contributed by atoms with van der Waals surface area (Å²) in [7, 11) is 0. The largest absolute Gasteiger partial charge is 0.367 e. The van der Waals surface area contributed by atoms with Crippen LogP contribution in [0.4, 0.5) is 5.82 Å². The minimum atomic E-state index is 0.360. The van der Waals surface area contributed by atoms with Gasteiger partial charge in [0.15, 0.2) is 9.99 Å². The van der Waals surface area contributed by atoms with Crippen LogP contribution in [0.2, 0.25) is 0 Å². The molecule has 0 aliphatic rings. The third kappa shape index (κ3) is 3.05. The molecule has 0 bridgehead atoms. The van der Waals surface area contributed by atoms with Gasteiger partial charge in [-0.15, -0.1) is 21.5 Å². The third-order valence-corrected chi connectivity index (χ3v) is 5.19. The van der Waals surface area contributed by atoms with Crippen LogP contribution in [0, 0.1) is 0 Å². The molecule has 9 heteroatoms. The number of aromatic nitrogens is 6. The minimum Gasteiger partial charge on any atom is -0.367 e. The molecule has 3 rings (SSSR count). The topological polar surface area (TPSA) is 81.4 Å². The molecule has 0 saturated heterocycles. The van der Waals surface area contributed by atoms with Gasteiger partial charge in [-0.2, -0.15) is 0 Å². The van der Waals surface area contributed by atoms with Crippen LogP contribution in [0.15, 0.2) is 17.0 Å². The van der Waals surface area contributed by atoms with Crippen LogP contribution in [0.1, 0.15) is 25.6 Å². The normalized spacial score (nSPS) is 11.5. The number of fused-ring (bicyclic) bond motifs is 1. The number of thiazole rings is 1. The second kappa shape index (κ2) is 6.57. The van der Waals surface area contributed by atoms with Crippen LogP contribution >= 0.6 is 23.1 Å². The van der Waals surface area contributed by atoms with Gasteiger partial charge in [0, 0.05) is 19.0 Å². The van der Waals surface area contributed by atoms with Crippen LogP contribution < -0.4 is 5.32 Å². The molecule has 0 fully saturated rings. The van der Waals surface area contributed by atoms with Crippen LogP contribution in [-0.2, 0) is 6.54 Å². The molecule has 0 aliphatic carbocycles. The van der Waals surface area contributed by atoms with Gasteiger partial charge in [-0.1, -0.05) is 25.6 Å². The number of nitrogens with zero attached hydrogens (tertiary/aromatic N) is 6. The number of hydrogen-bond donors (Lipinski definition) is 1. The molecule has 22 heavy (non-hydrogen) atoms. The standard InChI is InChI=1S/C13H17N7S2/c1-8(2)12-19-17-7-20(12)5-4-14-10-9-11(16-6-15-10)18-13(21-3)22-9/h6-8H,4-5H2,1-3H3,(H,14,15,16). The summed E-state index contributed by atoms with van der Waals surface area (Å²) in [6.45, 7) is 5.77. The highest BCUT2D eigenvalue weighted by atomic mass is 32.2. The lowest BCUT2D eigenvalue weighted by atomic mass is 10.2. The van der Waals surface area contributed by atoms with Gasteiger partial charge in [-0.05, 0) is 6.26 Å². The Morgan fingerprint density at radius 1 is 1.36 bits per heavy atom. The van der Waals surface area contributed by atoms with E-state index in [9.17, 15) is 0 Å². The van der Waals surface area contributed by atoms with Gasteiger partial charge in [0.05, 0.1) is 0 Å². The maximum Gasteiger partial charge on any atom is 0.176 e. The smallest absolute Gasteiger partial charge is 0.176 e. The third-order valence-electron chi connectivity index (χ3n) is 3.15. The zero-order valence-electron chi connectivity index (χ0n) is 12.6. The highest BCUT2D eigenvalue weighted by Gasteiger charge is 2.11. The summed E-state index contributed by atoms with van der Waals surface area (Å²) in [5.74, 6) is 2.19. The van der Waals surface area contributed by atoms with E-state index in [-0.39, 0.29) is 0 Å². The SMILES string of the molecule is CSc1nc2ncnc(NCCn3cnnc3C(C)C)c2s1. The minimum absolute atomic E-state index is 0.360. The van der Waals surface area contributed by atoms with Crippen molar-refractivity contribution in [3.63, 3.8) is 0 Å². The predicted octanol–water partition coefficient (Wildman–Crippen LogP) is 2.64. The molecule has 0 radical (unpaired) electrons. The Morgan fingerprint density at radius 3 is 3.00 bits per heavy atom. The lowest BCUT2D eigenvalue weighted by Gasteiger charge is -2.10. The zero-order chi connectivity index (χ0) is 15.5. The average molecular weight is 335 g/mol. The molecule has 1 N–H and O–H groups in total. The van der Waals surface area contributed by atoms with Gasteiger partial charge >= 0.3 is 0 Å². The second-order valence-electron chi connectivity index (χ2n) is 5.02. The molecule has 0 spiro atoms. The fourth-order valence-electron chi connectivity index (χ4n) is 2.13. The Bertz CT molecular complexity index is 765. The van der Waals surface area contributed by atoms with E-state index in [1.165, 1.54) is 0 Å². The van der Waals surface area contributed by atoms with Crippen molar-refractivity contribution in [3.05, 3.63) is 18.5 Å². The second-order valence-corrected chi connectivity index (χ2v) is 7.08. The molecular formula is C13H17N7S2. The van der Waals surface area contributed by atoms with Crippen molar-refractivity contribution in [2.75, 3.05) is 18.1 Å². The van der Waals surface area contributed by atoms with Crippen molar-refractivity contribution in [1.29, 1.82) is 0 Å². The van der Waals surface area contributed by atoms with E-state index in [1.807, 2.05) is 6.26 Å². The number of anilines is 1. The number of thioether (sulfide) groups is 1. The Kier molecular flexibility index (Phi) is 4.53. The molecule has 0 amide bonds. The maximum atomic E-state index is 4.45. The summed E-state index contributed by atoms with van der Waals surface area (Å²) < 4.78 is 4.06. The molecule has 116 valence electrons. The summed E-state index contributed by atoms with van der Waals surface area (Å²) in [6, 6.07) is 0. The first-order chi connectivity index (χ1) is 10.7. The summed E-state index contributed by atoms with van der Waals surface area (Å²) in [4.78, 5) is 13.0. The lowest BCUT2D eigenvalue weighted by Crippen LogP contribution is -2.13. The van der Waals surface area contributed by atoms with Gasteiger partial charge in [-0.3, -0.25) is 0 Å². The average Bonchev–Trinajstić information content (AvgIpc) is 3.13. The van der Waals surface area contributed by atoms with E-state index in [2.05, 4.69) is 48.9 Å². The van der Waals surface area contributed by atoms with Crippen molar-refractivity contribution in [2.45, 2.75) is 30.6 Å². The van der Waals surface area contributed by atoms with Gasteiger partial charge < -0.3 is 9.88 Å². The summed E-state index contributed by atoms with van der Waals surface area (Å²) in [6.07, 6.45) is 5.33. The van der Waals surface area contributed by atoms with Crippen LogP contribution in [0.25, 0.3) is 10.3 Å². The number of nitrogens with one attached hydrogen (secondary N) is 1. The Labute approximate surface area is 136 Å². The quantitative estimate of drug-likeness (QED) is 0.693. The van der Waals surface area contributed by atoms with Crippen molar-refractivity contribution in [2.24, 2.45) is 0 Å². The van der Waals surface area contributed by atoms with Crippen molar-refractivity contribution >= 4 is 39.3 Å². The van der Waals surface area contributed by atoms with Crippen molar-refractivity contribution in [3.8, 4) is 0 Å². The molecule has 0 saturated carbocycles. The van der Waals surface area contributed by atoms with Crippen molar-refractivity contribution in [1.82, 2.24) is 29.7 Å². The fraction of sp³-hybridized carbons (Fsp3) is 0.462. The van der Waals surface area contributed by atoms with E-state index < -0.39 is 0 Å². The molecule has 0 atom stereocenters. The highest BCUT2D eigenvalue weighted by Crippen LogP contribution is 2.30. The first-order valence-corrected chi connectivity index (χ1v) is 9.00. The molecule has 3 aromatic heterocycles. The lowest BCUT2D eigenvalue weighted by molar-refractivity contribution is 0.636. The monoisotopic (exact) mass is 335 g/mol. The molecule has 3 heterocycles. The summed E-state index contributed by atoms with van der Waals surface area (Å²) in [5.41, 5.74) is 0.749. The maximum absolute atomic E-state index is 4.45. The Morgan fingerprint density at radius 2 is 2.23 bits per heavy atom. The van der Waals surface area contributed by atoms with Crippen LogP contribution in [0.5, 0.6) is 0 Å². The first kappa shape index (κ1) is 15.2. The van der Waals surface area contributed by atoms with E-state index in [0.717, 1.165) is 39.4 Å². The summed E-state index contributed by atoms with van der Waals surface area (Å²) >= 11 is 3.23. The predicted molar refractivity (Wildman–Crippen MR) is 89.6 cm³/mol. The van der Waals surface area contributed by atoms with E-state index in [1.54, 1.807) is 35.8 Å². The molecule has 3 aromatic rings. The highest BCUT2D eigenvalue weighted by molar-refractivity contribution is 8.00. The molecule has 7 nitrogen and oxygen atoms in total. The molecule has 0 aromatic carbocycles. The molecule has 0 aliphatic heterocycles. The van der Waals surface area contributed by atoms with E-state index >= 15 is 0 Å². The van der Waals surface area contributed by atoms with Gasteiger partial charge in [0.1, 0.15) is 29.0 Å². The van der Waals surface area contributed by atoms with E-state index in [4.69, 9.17) is 0 Å². The van der Waals surface area contributed by atoms with Gasteiger partial charge in [0.25, 0.3) is 0 Å². The van der Waals surface area contributed by atoms with E-state index in [0.29, 0.717) is 5.92 Å². The van der Waals surface area contributed by atoms with Gasteiger partial charge in [0.2, 0.25) is 0 Å². The fourth-order valence-corrected chi connectivity index (χ4v) is 3.60. The van der Waals surface area contributed by atoms with Crippen LogP contribution in [-0.4, -0.2) is 42.5 Å². The van der Waals surface area contributed by atoms with Crippen LogP contribution in [0.3, 0.4) is 0 Å². The number of hydrogen-bond acceptors (Lipinski definition) is 8. The first-order valence-electron chi connectivity index (χ1n) is 6.96. The zero-order valence-corrected chi connectivity index (χ0v) is 14.3. The number of rotatable bonds is 6. The van der Waals surface area contributed by atoms with Crippen molar-refractivity contribution < 1.29 is 0 Å². The summed E-state index contributed by atoms with van der Waals surface area (Å²) in [5, 5.41) is 11.5. The Balaban J connectivity index is 1.71.